The Morgan fingerprint density at radius 2 is 2.00 bits per heavy atom. The van der Waals surface area contributed by atoms with Crippen LogP contribution in [0, 0.1) is 5.82 Å². The van der Waals surface area contributed by atoms with E-state index in [1.54, 1.807) is 25.3 Å². The van der Waals surface area contributed by atoms with Crippen LogP contribution in [0.15, 0.2) is 48.5 Å². The zero-order chi connectivity index (χ0) is 18.4. The van der Waals surface area contributed by atoms with Crippen molar-refractivity contribution in [3.8, 4) is 11.5 Å². The maximum Gasteiger partial charge on any atom is 0.241 e. The van der Waals surface area contributed by atoms with Gasteiger partial charge in [-0.25, -0.2) is 4.39 Å². The Balaban J connectivity index is 1.52. The minimum atomic E-state index is -0.372. The molecule has 1 saturated heterocycles. The lowest BCUT2D eigenvalue weighted by molar-refractivity contribution is -0.120. The third-order valence-electron chi connectivity index (χ3n) is 4.50. The first-order valence-corrected chi connectivity index (χ1v) is 8.73. The SMILES string of the molecule is COc1ccc(NC(=O)[C@@H]2CCCN2CCOc2ccccc2F)cc1. The summed E-state index contributed by atoms with van der Waals surface area (Å²) < 4.78 is 24.2. The number of anilines is 1. The van der Waals surface area contributed by atoms with Gasteiger partial charge >= 0.3 is 0 Å². The number of nitrogens with one attached hydrogen (secondary N) is 1. The van der Waals surface area contributed by atoms with Crippen LogP contribution >= 0.6 is 0 Å². The molecule has 0 unspecified atom stereocenters. The molecule has 0 aliphatic carbocycles. The lowest BCUT2D eigenvalue weighted by Gasteiger charge is -2.23. The van der Waals surface area contributed by atoms with Gasteiger partial charge in [-0.05, 0) is 55.8 Å². The number of para-hydroxylation sites is 1. The van der Waals surface area contributed by atoms with Gasteiger partial charge in [-0.15, -0.1) is 0 Å². The lowest BCUT2D eigenvalue weighted by atomic mass is 10.2. The molecule has 2 aromatic carbocycles. The van der Waals surface area contributed by atoms with Crippen molar-refractivity contribution < 1.29 is 18.7 Å². The van der Waals surface area contributed by atoms with Crippen LogP contribution in [0.3, 0.4) is 0 Å². The predicted molar refractivity (Wildman–Crippen MR) is 98.1 cm³/mol. The fourth-order valence-electron chi connectivity index (χ4n) is 3.13. The Morgan fingerprint density at radius 3 is 2.73 bits per heavy atom. The average Bonchev–Trinajstić information content (AvgIpc) is 3.12. The lowest BCUT2D eigenvalue weighted by Crippen LogP contribution is -2.41. The number of likely N-dealkylation sites (tertiary alicyclic amines) is 1. The molecule has 0 radical (unpaired) electrons. The van der Waals surface area contributed by atoms with E-state index in [4.69, 9.17) is 9.47 Å². The molecule has 138 valence electrons. The van der Waals surface area contributed by atoms with Crippen molar-refractivity contribution in [1.29, 1.82) is 0 Å². The second kappa shape index (κ2) is 8.67. The van der Waals surface area contributed by atoms with Crippen LogP contribution in [-0.4, -0.2) is 43.7 Å². The summed E-state index contributed by atoms with van der Waals surface area (Å²) in [7, 11) is 1.60. The molecule has 1 amide bonds. The largest absolute Gasteiger partial charge is 0.497 e. The molecule has 1 aliphatic heterocycles. The summed E-state index contributed by atoms with van der Waals surface area (Å²) in [6.45, 7) is 1.75. The zero-order valence-corrected chi connectivity index (χ0v) is 14.8. The van der Waals surface area contributed by atoms with E-state index in [0.29, 0.717) is 13.2 Å². The van der Waals surface area contributed by atoms with E-state index < -0.39 is 0 Å². The smallest absolute Gasteiger partial charge is 0.241 e. The van der Waals surface area contributed by atoms with Crippen LogP contribution < -0.4 is 14.8 Å². The second-order valence-electron chi connectivity index (χ2n) is 6.19. The van der Waals surface area contributed by atoms with Crippen LogP contribution in [-0.2, 0) is 4.79 Å². The average molecular weight is 358 g/mol. The first-order valence-electron chi connectivity index (χ1n) is 8.73. The Hall–Kier alpha value is -2.60. The second-order valence-corrected chi connectivity index (χ2v) is 6.19. The number of ether oxygens (including phenoxy) is 2. The summed E-state index contributed by atoms with van der Waals surface area (Å²) >= 11 is 0. The normalized spacial score (nSPS) is 17.1. The molecule has 1 N–H and O–H groups in total. The molecule has 6 heteroatoms. The Bertz CT molecular complexity index is 736. The summed E-state index contributed by atoms with van der Waals surface area (Å²) in [5.41, 5.74) is 0.741. The fraction of sp³-hybridized carbons (Fsp3) is 0.350. The van der Waals surface area contributed by atoms with Gasteiger partial charge in [-0.3, -0.25) is 9.69 Å². The van der Waals surface area contributed by atoms with E-state index in [1.807, 2.05) is 24.3 Å². The maximum absolute atomic E-state index is 13.6. The van der Waals surface area contributed by atoms with Crippen molar-refractivity contribution in [3.05, 3.63) is 54.3 Å². The molecule has 3 rings (SSSR count). The first-order chi connectivity index (χ1) is 12.7. The molecule has 0 spiro atoms. The van der Waals surface area contributed by atoms with E-state index in [2.05, 4.69) is 10.2 Å². The van der Waals surface area contributed by atoms with Crippen LogP contribution in [0.5, 0.6) is 11.5 Å². The van der Waals surface area contributed by atoms with Gasteiger partial charge in [0.1, 0.15) is 12.4 Å². The van der Waals surface area contributed by atoms with Gasteiger partial charge in [0.05, 0.1) is 13.2 Å². The molecule has 1 heterocycles. The highest BCUT2D eigenvalue weighted by Gasteiger charge is 2.30. The Kier molecular flexibility index (Phi) is 6.07. The van der Waals surface area contributed by atoms with Crippen molar-refractivity contribution in [1.82, 2.24) is 4.90 Å². The monoisotopic (exact) mass is 358 g/mol. The number of benzene rings is 2. The van der Waals surface area contributed by atoms with Gasteiger partial charge in [0.15, 0.2) is 11.6 Å². The molecule has 1 aliphatic rings. The third kappa shape index (κ3) is 4.52. The number of carbonyl (C=O) groups is 1. The van der Waals surface area contributed by atoms with Crippen molar-refractivity contribution in [3.63, 3.8) is 0 Å². The first kappa shape index (κ1) is 18.2. The number of rotatable bonds is 7. The molecule has 0 saturated carbocycles. The summed E-state index contributed by atoms with van der Waals surface area (Å²) in [6.07, 6.45) is 1.77. The third-order valence-corrected chi connectivity index (χ3v) is 4.50. The summed E-state index contributed by atoms with van der Waals surface area (Å²) in [5.74, 6) is 0.586. The van der Waals surface area contributed by atoms with Gasteiger partial charge in [0.25, 0.3) is 0 Å². The maximum atomic E-state index is 13.6. The molecule has 1 fully saturated rings. The number of hydrogen-bond acceptors (Lipinski definition) is 4. The molecule has 5 nitrogen and oxygen atoms in total. The summed E-state index contributed by atoms with van der Waals surface area (Å²) in [6, 6.07) is 13.4. The van der Waals surface area contributed by atoms with E-state index in [9.17, 15) is 9.18 Å². The van der Waals surface area contributed by atoms with Gasteiger partial charge in [0, 0.05) is 12.2 Å². The van der Waals surface area contributed by atoms with Gasteiger partial charge in [0.2, 0.25) is 5.91 Å². The topological polar surface area (TPSA) is 50.8 Å². The summed E-state index contributed by atoms with van der Waals surface area (Å²) in [5, 5.41) is 2.95. The van der Waals surface area contributed by atoms with Crippen molar-refractivity contribution in [2.45, 2.75) is 18.9 Å². The van der Waals surface area contributed by atoms with E-state index in [1.165, 1.54) is 6.07 Å². The van der Waals surface area contributed by atoms with Crippen LogP contribution in [0.2, 0.25) is 0 Å². The number of hydrogen-bond donors (Lipinski definition) is 1. The Morgan fingerprint density at radius 1 is 1.23 bits per heavy atom. The van der Waals surface area contributed by atoms with Crippen LogP contribution in [0.1, 0.15) is 12.8 Å². The number of amides is 1. The number of carbonyl (C=O) groups excluding carboxylic acids is 1. The van der Waals surface area contributed by atoms with Gasteiger partial charge < -0.3 is 14.8 Å². The molecular formula is C20H23FN2O3. The highest BCUT2D eigenvalue weighted by atomic mass is 19.1. The standard InChI is InChI=1S/C20H23FN2O3/c1-25-16-10-8-15(9-11-16)22-20(24)18-6-4-12-23(18)13-14-26-19-7-3-2-5-17(19)21/h2-3,5,7-11,18H,4,6,12-14H2,1H3,(H,22,24)/t18-/m0/s1. The summed E-state index contributed by atoms with van der Waals surface area (Å²) in [4.78, 5) is 14.7. The highest BCUT2D eigenvalue weighted by molar-refractivity contribution is 5.95. The van der Waals surface area contributed by atoms with Crippen LogP contribution in [0.25, 0.3) is 0 Å². The fourth-order valence-corrected chi connectivity index (χ4v) is 3.13. The molecular weight excluding hydrogens is 335 g/mol. The van der Waals surface area contributed by atoms with Crippen molar-refractivity contribution in [2.75, 3.05) is 32.1 Å². The number of halogens is 1. The molecule has 2 aromatic rings. The Labute approximate surface area is 152 Å². The van der Waals surface area contributed by atoms with Gasteiger partial charge in [-0.2, -0.15) is 0 Å². The van der Waals surface area contributed by atoms with Crippen molar-refractivity contribution in [2.24, 2.45) is 0 Å². The van der Waals surface area contributed by atoms with Gasteiger partial charge in [-0.1, -0.05) is 12.1 Å². The highest BCUT2D eigenvalue weighted by Crippen LogP contribution is 2.21. The number of methoxy groups -OCH3 is 1. The van der Waals surface area contributed by atoms with E-state index in [0.717, 1.165) is 30.8 Å². The minimum Gasteiger partial charge on any atom is -0.497 e. The molecule has 0 bridgehead atoms. The minimum absolute atomic E-state index is 0.0291. The molecule has 26 heavy (non-hydrogen) atoms. The van der Waals surface area contributed by atoms with Crippen LogP contribution in [0.4, 0.5) is 10.1 Å². The van der Waals surface area contributed by atoms with Crippen molar-refractivity contribution >= 4 is 11.6 Å². The van der Waals surface area contributed by atoms with E-state index in [-0.39, 0.29) is 23.5 Å². The zero-order valence-electron chi connectivity index (χ0n) is 14.8. The van der Waals surface area contributed by atoms with E-state index >= 15 is 0 Å². The quantitative estimate of drug-likeness (QED) is 0.825. The molecule has 1 atom stereocenters. The number of nitrogens with zero attached hydrogens (tertiary/aromatic N) is 1. The molecule has 0 aromatic heterocycles. The predicted octanol–water partition coefficient (Wildman–Crippen LogP) is 3.32.